The van der Waals surface area contributed by atoms with Crippen LogP contribution in [0.3, 0.4) is 0 Å². The van der Waals surface area contributed by atoms with Crippen LogP contribution in [0.1, 0.15) is 18.1 Å². The largest absolute Gasteiger partial charge is 0.473 e. The smallest absolute Gasteiger partial charge is 0.217 e. The highest BCUT2D eigenvalue weighted by atomic mass is 79.9. The highest BCUT2D eigenvalue weighted by molar-refractivity contribution is 9.10. The Morgan fingerprint density at radius 3 is 2.43 bits per heavy atom. The van der Waals surface area contributed by atoms with Crippen molar-refractivity contribution in [3.8, 4) is 0 Å². The molecular formula is C19H17Br2NO. The fourth-order valence-electron chi connectivity index (χ4n) is 2.41. The zero-order chi connectivity index (χ0) is 16.2. The minimum atomic E-state index is 0.0394. The summed E-state index contributed by atoms with van der Waals surface area (Å²) < 4.78 is 7.03. The predicted octanol–water partition coefficient (Wildman–Crippen LogP) is 5.46. The first-order chi connectivity index (χ1) is 11.1. The summed E-state index contributed by atoms with van der Waals surface area (Å²) in [5, 5.41) is 0. The minimum Gasteiger partial charge on any atom is -0.473 e. The van der Waals surface area contributed by atoms with Gasteiger partial charge in [-0.2, -0.15) is 0 Å². The molecule has 23 heavy (non-hydrogen) atoms. The lowest BCUT2D eigenvalue weighted by Gasteiger charge is -2.30. The number of nitrogens with zero attached hydrogens (tertiary/aromatic N) is 1. The van der Waals surface area contributed by atoms with E-state index in [-0.39, 0.29) is 17.0 Å². The Morgan fingerprint density at radius 1 is 1.04 bits per heavy atom. The van der Waals surface area contributed by atoms with E-state index in [2.05, 4.69) is 63.1 Å². The van der Waals surface area contributed by atoms with Crippen molar-refractivity contribution in [2.45, 2.75) is 23.9 Å². The number of alkyl halides is 1. The van der Waals surface area contributed by atoms with Gasteiger partial charge in [0.1, 0.15) is 6.10 Å². The van der Waals surface area contributed by atoms with Crippen molar-refractivity contribution >= 4 is 43.8 Å². The Bertz CT molecular complexity index is 710. The van der Waals surface area contributed by atoms with E-state index in [0.717, 1.165) is 15.6 Å². The van der Waals surface area contributed by atoms with Gasteiger partial charge in [0.25, 0.3) is 0 Å². The maximum atomic E-state index is 5.95. The third-order valence-corrected chi connectivity index (χ3v) is 5.53. The van der Waals surface area contributed by atoms with Gasteiger partial charge >= 0.3 is 0 Å². The molecule has 0 N–H and O–H groups in total. The van der Waals surface area contributed by atoms with E-state index in [0.29, 0.717) is 5.90 Å². The van der Waals surface area contributed by atoms with Crippen molar-refractivity contribution in [3.05, 3.63) is 76.3 Å². The number of aliphatic imine (C=N–C) groups is 1. The molecule has 2 aromatic carbocycles. The normalized spacial score (nSPS) is 24.3. The van der Waals surface area contributed by atoms with Crippen LogP contribution in [0, 0.1) is 0 Å². The third kappa shape index (κ3) is 4.12. The van der Waals surface area contributed by atoms with Crippen molar-refractivity contribution in [3.63, 3.8) is 0 Å². The molecule has 3 atom stereocenters. The van der Waals surface area contributed by atoms with Crippen molar-refractivity contribution in [1.29, 1.82) is 0 Å². The summed E-state index contributed by atoms with van der Waals surface area (Å²) in [6.07, 6.45) is 4.29. The second-order valence-corrected chi connectivity index (χ2v) is 7.44. The van der Waals surface area contributed by atoms with Gasteiger partial charge in [-0.3, -0.25) is 0 Å². The van der Waals surface area contributed by atoms with Crippen LogP contribution in [0.25, 0.3) is 6.08 Å². The molecule has 4 heteroatoms. The zero-order valence-electron chi connectivity index (χ0n) is 12.7. The summed E-state index contributed by atoms with van der Waals surface area (Å²) in [4.78, 5) is 4.92. The van der Waals surface area contributed by atoms with Gasteiger partial charge in [0, 0.05) is 10.0 Å². The Kier molecular flexibility index (Phi) is 5.34. The van der Waals surface area contributed by atoms with E-state index in [4.69, 9.17) is 9.73 Å². The van der Waals surface area contributed by atoms with Crippen LogP contribution < -0.4 is 0 Å². The SMILES string of the molecule is C[C@@H]1OC(c2ccccc2)=N[C@@H](/C=C/c2ccc(Br)cc2)[C@H]1Br. The van der Waals surface area contributed by atoms with Gasteiger partial charge in [-0.1, -0.05) is 74.3 Å². The fourth-order valence-corrected chi connectivity index (χ4v) is 3.08. The highest BCUT2D eigenvalue weighted by Gasteiger charge is 2.30. The Balaban J connectivity index is 1.85. The molecule has 0 amide bonds. The molecule has 0 unspecified atom stereocenters. The van der Waals surface area contributed by atoms with Crippen molar-refractivity contribution in [2.24, 2.45) is 4.99 Å². The number of ether oxygens (including phenoxy) is 1. The number of halogens is 2. The second-order valence-electron chi connectivity index (χ2n) is 5.47. The molecule has 1 aliphatic heterocycles. The Labute approximate surface area is 153 Å². The first-order valence-electron chi connectivity index (χ1n) is 7.51. The number of hydrogen-bond acceptors (Lipinski definition) is 2. The summed E-state index contributed by atoms with van der Waals surface area (Å²) in [5.74, 6) is 0.708. The summed E-state index contributed by atoms with van der Waals surface area (Å²) in [6, 6.07) is 18.3. The maximum absolute atomic E-state index is 5.95. The molecule has 2 nitrogen and oxygen atoms in total. The van der Waals surface area contributed by atoms with E-state index in [1.165, 1.54) is 0 Å². The van der Waals surface area contributed by atoms with Gasteiger partial charge < -0.3 is 4.74 Å². The maximum Gasteiger partial charge on any atom is 0.217 e. The highest BCUT2D eigenvalue weighted by Crippen LogP contribution is 2.25. The summed E-state index contributed by atoms with van der Waals surface area (Å²) >= 11 is 7.17. The van der Waals surface area contributed by atoms with Gasteiger partial charge in [-0.25, -0.2) is 4.99 Å². The second kappa shape index (κ2) is 7.45. The molecule has 0 radical (unpaired) electrons. The Hall–Kier alpha value is -1.39. The first kappa shape index (κ1) is 16.5. The molecule has 1 heterocycles. The zero-order valence-corrected chi connectivity index (χ0v) is 15.9. The van der Waals surface area contributed by atoms with E-state index < -0.39 is 0 Å². The van der Waals surface area contributed by atoms with Crippen LogP contribution in [-0.2, 0) is 4.74 Å². The molecule has 0 bridgehead atoms. The molecule has 2 aromatic rings. The third-order valence-electron chi connectivity index (χ3n) is 3.72. The lowest BCUT2D eigenvalue weighted by atomic mass is 10.1. The van der Waals surface area contributed by atoms with Gasteiger partial charge in [0.05, 0.1) is 10.9 Å². The molecular weight excluding hydrogens is 418 g/mol. The van der Waals surface area contributed by atoms with Crippen LogP contribution in [-0.4, -0.2) is 22.9 Å². The van der Waals surface area contributed by atoms with Crippen LogP contribution in [0.5, 0.6) is 0 Å². The van der Waals surface area contributed by atoms with Crippen molar-refractivity contribution in [1.82, 2.24) is 0 Å². The molecule has 0 spiro atoms. The van der Waals surface area contributed by atoms with E-state index in [1.54, 1.807) is 0 Å². The van der Waals surface area contributed by atoms with Crippen molar-refractivity contribution in [2.75, 3.05) is 0 Å². The summed E-state index contributed by atoms with van der Waals surface area (Å²) in [6.45, 7) is 2.07. The molecule has 0 saturated carbocycles. The van der Waals surface area contributed by atoms with Gasteiger partial charge in [-0.05, 0) is 36.8 Å². The summed E-state index contributed by atoms with van der Waals surface area (Å²) in [5.41, 5.74) is 2.17. The number of benzene rings is 2. The van der Waals surface area contributed by atoms with Gasteiger partial charge in [0.2, 0.25) is 5.90 Å². The number of rotatable bonds is 3. The van der Waals surface area contributed by atoms with Crippen LogP contribution in [0.2, 0.25) is 0 Å². The van der Waals surface area contributed by atoms with E-state index in [1.807, 2.05) is 42.5 Å². The Morgan fingerprint density at radius 2 is 1.74 bits per heavy atom. The lowest BCUT2D eigenvalue weighted by molar-refractivity contribution is 0.185. The minimum absolute atomic E-state index is 0.0394. The monoisotopic (exact) mass is 433 g/mol. The molecule has 118 valence electrons. The molecule has 3 rings (SSSR count). The van der Waals surface area contributed by atoms with Crippen LogP contribution >= 0.6 is 31.9 Å². The van der Waals surface area contributed by atoms with E-state index >= 15 is 0 Å². The topological polar surface area (TPSA) is 21.6 Å². The van der Waals surface area contributed by atoms with Crippen LogP contribution in [0.4, 0.5) is 0 Å². The average Bonchev–Trinajstić information content (AvgIpc) is 2.58. The fraction of sp³-hybridized carbons (Fsp3) is 0.211. The van der Waals surface area contributed by atoms with E-state index in [9.17, 15) is 0 Å². The average molecular weight is 435 g/mol. The molecule has 1 aliphatic rings. The van der Waals surface area contributed by atoms with Crippen LogP contribution in [0.15, 0.2) is 70.1 Å². The molecule has 0 aromatic heterocycles. The first-order valence-corrected chi connectivity index (χ1v) is 9.22. The lowest BCUT2D eigenvalue weighted by Crippen LogP contribution is -2.38. The molecule has 0 fully saturated rings. The summed E-state index contributed by atoms with van der Waals surface area (Å²) in [7, 11) is 0. The standard InChI is InChI=1S/C19H17Br2NO/c1-13-18(21)17(12-9-14-7-10-16(20)11-8-14)22-19(23-13)15-5-3-2-4-6-15/h2-13,17-18H,1H3/b12-9+/t13-,17-,18-/m0/s1. The quantitative estimate of drug-likeness (QED) is 0.587. The van der Waals surface area contributed by atoms with Gasteiger partial charge in [-0.15, -0.1) is 0 Å². The molecule has 0 aliphatic carbocycles. The number of hydrogen-bond donors (Lipinski definition) is 0. The van der Waals surface area contributed by atoms with Crippen molar-refractivity contribution < 1.29 is 4.74 Å². The van der Waals surface area contributed by atoms with Gasteiger partial charge in [0.15, 0.2) is 0 Å². The predicted molar refractivity (Wildman–Crippen MR) is 103 cm³/mol. The molecule has 0 saturated heterocycles.